The molecule has 0 spiro atoms. The highest BCUT2D eigenvalue weighted by molar-refractivity contribution is 14.0. The van der Waals surface area contributed by atoms with Crippen LogP contribution in [0.3, 0.4) is 0 Å². The Balaban J connectivity index is 0.00000261. The van der Waals surface area contributed by atoms with Gasteiger partial charge < -0.3 is 15.1 Å². The average Bonchev–Trinajstić information content (AvgIpc) is 3.13. The molecule has 5 nitrogen and oxygen atoms in total. The number of rotatable bonds is 5. The number of hydrogen-bond donors (Lipinski definition) is 1. The van der Waals surface area contributed by atoms with E-state index in [9.17, 15) is 0 Å². The maximum atomic E-state index is 6.11. The van der Waals surface area contributed by atoms with Crippen molar-refractivity contribution in [3.63, 3.8) is 0 Å². The molecule has 0 amide bonds. The normalized spacial score (nSPS) is 14.9. The Bertz CT molecular complexity index is 743. The summed E-state index contributed by atoms with van der Waals surface area (Å²) >= 11 is 7.92. The van der Waals surface area contributed by atoms with Crippen LogP contribution < -0.4 is 10.2 Å². The van der Waals surface area contributed by atoms with Crippen molar-refractivity contribution in [2.24, 2.45) is 4.99 Å². The topological polar surface area (TPSA) is 43.8 Å². The number of benzene rings is 1. The molecule has 1 saturated heterocycles. The largest absolute Gasteiger partial charge is 0.368 e. The van der Waals surface area contributed by atoms with Gasteiger partial charge in [-0.2, -0.15) is 0 Å². The van der Waals surface area contributed by atoms with Crippen LogP contribution in [0.2, 0.25) is 5.02 Å². The molecule has 8 heteroatoms. The molecular weight excluding hydrogens is 493 g/mol. The summed E-state index contributed by atoms with van der Waals surface area (Å²) in [7, 11) is 1.85. The number of halogens is 2. The van der Waals surface area contributed by atoms with Crippen LogP contribution in [0.5, 0.6) is 0 Å². The fourth-order valence-corrected chi connectivity index (χ4v) is 4.14. The Morgan fingerprint density at radius 1 is 1.30 bits per heavy atom. The van der Waals surface area contributed by atoms with Gasteiger partial charge in [-0.1, -0.05) is 24.6 Å². The number of anilines is 1. The van der Waals surface area contributed by atoms with E-state index >= 15 is 0 Å². The average molecular weight is 520 g/mol. The summed E-state index contributed by atoms with van der Waals surface area (Å²) in [6, 6.07) is 8.07. The minimum Gasteiger partial charge on any atom is -0.368 e. The number of thiazole rings is 1. The third-order valence-electron chi connectivity index (χ3n) is 4.54. The molecule has 1 aliphatic heterocycles. The van der Waals surface area contributed by atoms with Crippen molar-refractivity contribution in [1.82, 2.24) is 15.2 Å². The van der Waals surface area contributed by atoms with Gasteiger partial charge in [0.2, 0.25) is 0 Å². The molecule has 0 atom stereocenters. The van der Waals surface area contributed by atoms with Crippen LogP contribution in [0.15, 0.2) is 35.5 Å². The van der Waals surface area contributed by atoms with Crippen molar-refractivity contribution in [3.05, 3.63) is 45.4 Å². The summed E-state index contributed by atoms with van der Waals surface area (Å²) in [6.45, 7) is 6.85. The lowest BCUT2D eigenvalue weighted by atomic mass is 10.2. The van der Waals surface area contributed by atoms with Crippen LogP contribution in [-0.4, -0.2) is 55.6 Å². The van der Waals surface area contributed by atoms with Gasteiger partial charge in [0.15, 0.2) is 5.96 Å². The summed E-state index contributed by atoms with van der Waals surface area (Å²) in [4.78, 5) is 15.0. The Morgan fingerprint density at radius 3 is 2.70 bits per heavy atom. The molecule has 27 heavy (non-hydrogen) atoms. The van der Waals surface area contributed by atoms with Crippen molar-refractivity contribution in [2.75, 3.05) is 44.7 Å². The van der Waals surface area contributed by atoms with Crippen molar-refractivity contribution in [1.29, 1.82) is 0 Å². The maximum absolute atomic E-state index is 6.11. The second kappa shape index (κ2) is 11.1. The van der Waals surface area contributed by atoms with Gasteiger partial charge in [0.05, 0.1) is 5.01 Å². The molecule has 0 aliphatic carbocycles. The molecule has 0 bridgehead atoms. The second-order valence-corrected chi connectivity index (χ2v) is 7.89. The SMILES string of the molecule is CCc1cnc(CCNC(=NC)N2CCN(c3cccc(Cl)c3)CC2)s1.I. The van der Waals surface area contributed by atoms with E-state index in [0.29, 0.717) is 0 Å². The number of nitrogens with zero attached hydrogens (tertiary/aromatic N) is 4. The summed E-state index contributed by atoms with van der Waals surface area (Å²) < 4.78 is 0. The number of aryl methyl sites for hydroxylation is 1. The van der Waals surface area contributed by atoms with Crippen LogP contribution in [0.4, 0.5) is 5.69 Å². The molecule has 1 fully saturated rings. The monoisotopic (exact) mass is 519 g/mol. The van der Waals surface area contributed by atoms with E-state index < -0.39 is 0 Å². The predicted molar refractivity (Wildman–Crippen MR) is 127 cm³/mol. The standard InChI is InChI=1S/C19H26ClN5S.HI/c1-3-17-14-23-18(26-17)7-8-22-19(21-2)25-11-9-24(10-12-25)16-6-4-5-15(20)13-16;/h4-6,13-14H,3,7-12H2,1-2H3,(H,21,22);1H. The number of piperazine rings is 1. The summed E-state index contributed by atoms with van der Waals surface area (Å²) in [5, 5.41) is 5.46. The first kappa shape index (κ1) is 22.2. The lowest BCUT2D eigenvalue weighted by Gasteiger charge is -2.37. The van der Waals surface area contributed by atoms with Crippen molar-refractivity contribution < 1.29 is 0 Å². The van der Waals surface area contributed by atoms with Gasteiger partial charge in [-0.05, 0) is 24.6 Å². The van der Waals surface area contributed by atoms with E-state index in [0.717, 1.165) is 56.5 Å². The number of guanidine groups is 1. The molecule has 0 radical (unpaired) electrons. The van der Waals surface area contributed by atoms with E-state index in [1.54, 1.807) is 11.3 Å². The Kier molecular flexibility index (Phi) is 9.11. The highest BCUT2D eigenvalue weighted by Gasteiger charge is 2.19. The molecule has 148 valence electrons. The maximum Gasteiger partial charge on any atom is 0.193 e. The van der Waals surface area contributed by atoms with E-state index in [2.05, 4.69) is 38.1 Å². The van der Waals surface area contributed by atoms with Crippen molar-refractivity contribution >= 4 is 58.6 Å². The van der Waals surface area contributed by atoms with E-state index in [4.69, 9.17) is 11.6 Å². The Labute approximate surface area is 187 Å². The van der Waals surface area contributed by atoms with Gasteiger partial charge in [-0.25, -0.2) is 4.98 Å². The fraction of sp³-hybridized carbons (Fsp3) is 0.474. The molecule has 1 aliphatic rings. The van der Waals surface area contributed by atoms with E-state index in [1.807, 2.05) is 31.4 Å². The van der Waals surface area contributed by atoms with Gasteiger partial charge in [0.1, 0.15) is 0 Å². The first-order valence-corrected chi connectivity index (χ1v) is 10.3. The zero-order chi connectivity index (χ0) is 18.4. The molecule has 2 heterocycles. The first-order chi connectivity index (χ1) is 12.7. The molecule has 2 aromatic rings. The highest BCUT2D eigenvalue weighted by Crippen LogP contribution is 2.20. The molecule has 3 rings (SSSR count). The summed E-state index contributed by atoms with van der Waals surface area (Å²) in [5.41, 5.74) is 1.19. The van der Waals surface area contributed by atoms with Crippen LogP contribution in [0.25, 0.3) is 0 Å². The molecule has 0 unspecified atom stereocenters. The third-order valence-corrected chi connectivity index (χ3v) is 5.97. The molecular formula is C19H27ClIN5S. The van der Waals surface area contributed by atoms with Gasteiger partial charge in [0, 0.05) is 68.0 Å². The Hall–Kier alpha value is -1.06. The molecule has 1 aromatic carbocycles. The van der Waals surface area contributed by atoms with Gasteiger partial charge in [0.25, 0.3) is 0 Å². The smallest absolute Gasteiger partial charge is 0.193 e. The molecule has 0 saturated carbocycles. The van der Waals surface area contributed by atoms with Crippen molar-refractivity contribution in [2.45, 2.75) is 19.8 Å². The number of aromatic nitrogens is 1. The van der Waals surface area contributed by atoms with Crippen LogP contribution >= 0.6 is 46.9 Å². The third kappa shape index (κ3) is 6.22. The predicted octanol–water partition coefficient (Wildman–Crippen LogP) is 3.92. The number of nitrogens with one attached hydrogen (secondary N) is 1. The minimum absolute atomic E-state index is 0. The quantitative estimate of drug-likeness (QED) is 0.369. The van der Waals surface area contributed by atoms with Crippen LogP contribution in [0.1, 0.15) is 16.8 Å². The molecule has 1 aromatic heterocycles. The van der Waals surface area contributed by atoms with E-state index in [-0.39, 0.29) is 24.0 Å². The zero-order valence-corrected chi connectivity index (χ0v) is 19.7. The number of aliphatic imine (C=N–C) groups is 1. The lowest BCUT2D eigenvalue weighted by Crippen LogP contribution is -2.52. The first-order valence-electron chi connectivity index (χ1n) is 9.09. The second-order valence-electron chi connectivity index (χ2n) is 6.25. The summed E-state index contributed by atoms with van der Waals surface area (Å²) in [5.74, 6) is 0.975. The van der Waals surface area contributed by atoms with Crippen LogP contribution in [-0.2, 0) is 12.8 Å². The lowest BCUT2D eigenvalue weighted by molar-refractivity contribution is 0.373. The number of hydrogen-bond acceptors (Lipinski definition) is 4. The molecule has 1 N–H and O–H groups in total. The summed E-state index contributed by atoms with van der Waals surface area (Å²) in [6.07, 6.45) is 3.99. The van der Waals surface area contributed by atoms with Crippen molar-refractivity contribution in [3.8, 4) is 0 Å². The van der Waals surface area contributed by atoms with Crippen LogP contribution in [0, 0.1) is 0 Å². The van der Waals surface area contributed by atoms with Gasteiger partial charge in [-0.15, -0.1) is 35.3 Å². The Morgan fingerprint density at radius 2 is 2.07 bits per heavy atom. The van der Waals surface area contributed by atoms with Gasteiger partial charge >= 0.3 is 0 Å². The fourth-order valence-electron chi connectivity index (χ4n) is 3.09. The minimum atomic E-state index is 0. The van der Waals surface area contributed by atoms with Gasteiger partial charge in [-0.3, -0.25) is 4.99 Å². The highest BCUT2D eigenvalue weighted by atomic mass is 127. The zero-order valence-electron chi connectivity index (χ0n) is 15.8. The van der Waals surface area contributed by atoms with E-state index in [1.165, 1.54) is 15.6 Å².